The quantitative estimate of drug-likeness (QED) is 0.829. The third kappa shape index (κ3) is 3.68. The fraction of sp³-hybridized carbons (Fsp3) is 0.450. The molecule has 26 heavy (non-hydrogen) atoms. The molecule has 0 radical (unpaired) electrons. The topological polar surface area (TPSA) is 53.5 Å². The van der Waals surface area contributed by atoms with Gasteiger partial charge in [0.15, 0.2) is 0 Å². The lowest BCUT2D eigenvalue weighted by molar-refractivity contribution is 0.180. The van der Waals surface area contributed by atoms with Crippen LogP contribution >= 0.6 is 0 Å². The number of aryl methyl sites for hydroxylation is 2. The summed E-state index contributed by atoms with van der Waals surface area (Å²) in [7, 11) is -3.40. The van der Waals surface area contributed by atoms with Crippen molar-refractivity contribution in [3.8, 4) is 0 Å². The molecule has 2 heterocycles. The van der Waals surface area contributed by atoms with Crippen LogP contribution in [0, 0.1) is 0 Å². The van der Waals surface area contributed by atoms with Gasteiger partial charge in [-0.3, -0.25) is 9.88 Å². The number of aromatic nitrogens is 1. The molecule has 1 fully saturated rings. The first kappa shape index (κ1) is 17.6. The van der Waals surface area contributed by atoms with Crippen molar-refractivity contribution in [2.75, 3.05) is 26.2 Å². The van der Waals surface area contributed by atoms with E-state index in [0.29, 0.717) is 18.0 Å². The predicted molar refractivity (Wildman–Crippen MR) is 101 cm³/mol. The molecule has 2 aromatic rings. The molecule has 138 valence electrons. The first-order valence-corrected chi connectivity index (χ1v) is 10.8. The van der Waals surface area contributed by atoms with Crippen molar-refractivity contribution < 1.29 is 8.42 Å². The summed E-state index contributed by atoms with van der Waals surface area (Å²) >= 11 is 0. The Morgan fingerprint density at radius 1 is 0.923 bits per heavy atom. The van der Waals surface area contributed by atoms with E-state index in [2.05, 4.69) is 9.88 Å². The lowest BCUT2D eigenvalue weighted by atomic mass is 9.92. The minimum absolute atomic E-state index is 0.455. The molecular weight excluding hydrogens is 346 g/mol. The van der Waals surface area contributed by atoms with Crippen LogP contribution in [0.1, 0.15) is 29.7 Å². The van der Waals surface area contributed by atoms with Gasteiger partial charge in [-0.15, -0.1) is 0 Å². The van der Waals surface area contributed by atoms with Crippen LogP contribution in [0.25, 0.3) is 0 Å². The maximum atomic E-state index is 13.0. The zero-order valence-electron chi connectivity index (χ0n) is 15.0. The SMILES string of the molecule is O=S(=O)(c1ccc2c(c1)CCCC2)N1CCN(Cc2ccccn2)CC1. The Bertz CT molecular complexity index is 860. The van der Waals surface area contributed by atoms with E-state index in [1.807, 2.05) is 30.3 Å². The number of benzene rings is 1. The summed E-state index contributed by atoms with van der Waals surface area (Å²) < 4.78 is 27.7. The van der Waals surface area contributed by atoms with Crippen LogP contribution in [-0.4, -0.2) is 48.8 Å². The van der Waals surface area contributed by atoms with Crippen molar-refractivity contribution in [3.63, 3.8) is 0 Å². The molecule has 5 nitrogen and oxygen atoms in total. The minimum atomic E-state index is -3.40. The van der Waals surface area contributed by atoms with E-state index in [1.165, 1.54) is 17.5 Å². The third-order valence-electron chi connectivity index (χ3n) is 5.40. The zero-order valence-corrected chi connectivity index (χ0v) is 15.8. The molecule has 4 rings (SSSR count). The average molecular weight is 372 g/mol. The number of hydrogen-bond acceptors (Lipinski definition) is 4. The van der Waals surface area contributed by atoms with Crippen LogP contribution in [0.4, 0.5) is 0 Å². The van der Waals surface area contributed by atoms with Gasteiger partial charge in [-0.1, -0.05) is 12.1 Å². The van der Waals surface area contributed by atoms with Crippen molar-refractivity contribution in [1.29, 1.82) is 0 Å². The summed E-state index contributed by atoms with van der Waals surface area (Å²) in [6.45, 7) is 3.31. The van der Waals surface area contributed by atoms with Crippen LogP contribution in [0.2, 0.25) is 0 Å². The zero-order chi connectivity index (χ0) is 18.0. The van der Waals surface area contributed by atoms with Gasteiger partial charge in [0.2, 0.25) is 10.0 Å². The Kier molecular flexibility index (Phi) is 5.07. The summed E-state index contributed by atoms with van der Waals surface area (Å²) in [5, 5.41) is 0. The Morgan fingerprint density at radius 2 is 1.69 bits per heavy atom. The van der Waals surface area contributed by atoms with Gasteiger partial charge in [-0.25, -0.2) is 8.42 Å². The third-order valence-corrected chi connectivity index (χ3v) is 7.30. The normalized spacial score (nSPS) is 19.2. The lowest BCUT2D eigenvalue weighted by Gasteiger charge is -2.34. The van der Waals surface area contributed by atoms with E-state index in [0.717, 1.165) is 44.6 Å². The molecule has 0 atom stereocenters. The number of sulfonamides is 1. The van der Waals surface area contributed by atoms with Gasteiger partial charge < -0.3 is 0 Å². The molecule has 0 bridgehead atoms. The van der Waals surface area contributed by atoms with Gasteiger partial charge in [-0.05, 0) is 61.1 Å². The van der Waals surface area contributed by atoms with Crippen LogP contribution in [0.5, 0.6) is 0 Å². The van der Waals surface area contributed by atoms with Gasteiger partial charge in [0.25, 0.3) is 0 Å². The summed E-state index contributed by atoms with van der Waals surface area (Å²) in [6.07, 6.45) is 6.23. The summed E-state index contributed by atoms with van der Waals surface area (Å²) in [4.78, 5) is 7.08. The average Bonchev–Trinajstić information content (AvgIpc) is 2.69. The van der Waals surface area contributed by atoms with Gasteiger partial charge in [0, 0.05) is 38.9 Å². The van der Waals surface area contributed by atoms with Crippen molar-refractivity contribution in [1.82, 2.24) is 14.2 Å². The van der Waals surface area contributed by atoms with Gasteiger partial charge in [0.1, 0.15) is 0 Å². The molecule has 1 aliphatic heterocycles. The van der Waals surface area contributed by atoms with Crippen molar-refractivity contribution in [2.45, 2.75) is 37.1 Å². The van der Waals surface area contributed by atoms with Crippen LogP contribution in [0.3, 0.4) is 0 Å². The second-order valence-corrected chi connectivity index (χ2v) is 9.08. The van der Waals surface area contributed by atoms with Crippen LogP contribution in [0.15, 0.2) is 47.5 Å². The molecular formula is C20H25N3O2S. The maximum Gasteiger partial charge on any atom is 0.243 e. The fourth-order valence-corrected chi connectivity index (χ4v) is 5.34. The molecule has 0 saturated carbocycles. The van der Waals surface area contributed by atoms with Crippen molar-refractivity contribution in [3.05, 3.63) is 59.4 Å². The molecule has 1 aliphatic carbocycles. The predicted octanol–water partition coefficient (Wildman–Crippen LogP) is 2.47. The second-order valence-electron chi connectivity index (χ2n) is 7.14. The van der Waals surface area contributed by atoms with E-state index >= 15 is 0 Å². The Balaban J connectivity index is 1.43. The molecule has 1 aromatic heterocycles. The summed E-state index contributed by atoms with van der Waals surface area (Å²) in [5.41, 5.74) is 3.56. The second kappa shape index (κ2) is 7.47. The van der Waals surface area contributed by atoms with E-state index in [-0.39, 0.29) is 0 Å². The highest BCUT2D eigenvalue weighted by molar-refractivity contribution is 7.89. The molecule has 1 saturated heterocycles. The summed E-state index contributed by atoms with van der Waals surface area (Å²) in [5.74, 6) is 0. The largest absolute Gasteiger partial charge is 0.295 e. The Hall–Kier alpha value is -1.76. The molecule has 2 aliphatic rings. The van der Waals surface area contributed by atoms with E-state index in [9.17, 15) is 8.42 Å². The molecule has 1 aromatic carbocycles. The number of hydrogen-bond donors (Lipinski definition) is 0. The molecule has 0 spiro atoms. The standard InChI is InChI=1S/C20H25N3O2S/c24-26(25,20-9-8-17-5-1-2-6-18(17)15-20)23-13-11-22(12-14-23)16-19-7-3-4-10-21-19/h3-4,7-10,15H,1-2,5-6,11-14,16H2. The fourth-order valence-electron chi connectivity index (χ4n) is 3.87. The van der Waals surface area contributed by atoms with Crippen LogP contribution in [-0.2, 0) is 29.4 Å². The minimum Gasteiger partial charge on any atom is -0.295 e. The lowest BCUT2D eigenvalue weighted by Crippen LogP contribution is -2.48. The number of piperazine rings is 1. The monoisotopic (exact) mass is 371 g/mol. The number of pyridine rings is 1. The highest BCUT2D eigenvalue weighted by Crippen LogP contribution is 2.26. The first-order chi connectivity index (χ1) is 12.6. The van der Waals surface area contributed by atoms with Crippen LogP contribution < -0.4 is 0 Å². The van der Waals surface area contributed by atoms with Gasteiger partial charge in [0.05, 0.1) is 10.6 Å². The Labute approximate surface area is 155 Å². The van der Waals surface area contributed by atoms with Crippen molar-refractivity contribution in [2.24, 2.45) is 0 Å². The van der Waals surface area contributed by atoms with Crippen molar-refractivity contribution >= 4 is 10.0 Å². The molecule has 0 amide bonds. The molecule has 6 heteroatoms. The van der Waals surface area contributed by atoms with Gasteiger partial charge >= 0.3 is 0 Å². The Morgan fingerprint density at radius 3 is 2.42 bits per heavy atom. The van der Waals surface area contributed by atoms with E-state index < -0.39 is 10.0 Å². The smallest absolute Gasteiger partial charge is 0.243 e. The molecule has 0 N–H and O–H groups in total. The highest BCUT2D eigenvalue weighted by Gasteiger charge is 2.29. The van der Waals surface area contributed by atoms with E-state index in [4.69, 9.17) is 0 Å². The first-order valence-electron chi connectivity index (χ1n) is 9.37. The van der Waals surface area contributed by atoms with Gasteiger partial charge in [-0.2, -0.15) is 4.31 Å². The summed E-state index contributed by atoms with van der Waals surface area (Å²) in [6, 6.07) is 11.6. The highest BCUT2D eigenvalue weighted by atomic mass is 32.2. The number of nitrogens with zero attached hydrogens (tertiary/aromatic N) is 3. The molecule has 0 unspecified atom stereocenters. The number of fused-ring (bicyclic) bond motifs is 1. The number of rotatable bonds is 4. The maximum absolute atomic E-state index is 13.0. The van der Waals surface area contributed by atoms with E-state index in [1.54, 1.807) is 16.6 Å².